The molecular formula is C40H53ClN2O3S. The van der Waals surface area contributed by atoms with Crippen molar-refractivity contribution in [3.63, 3.8) is 0 Å². The summed E-state index contributed by atoms with van der Waals surface area (Å²) in [5.74, 6) is 2.32. The maximum Gasteiger partial charge on any atom is 0.305 e. The summed E-state index contributed by atoms with van der Waals surface area (Å²) < 4.78 is 5.83. The van der Waals surface area contributed by atoms with Crippen LogP contribution in [-0.2, 0) is 16.0 Å². The van der Waals surface area contributed by atoms with Gasteiger partial charge in [-0.25, -0.2) is 0 Å². The Bertz CT molecular complexity index is 1480. The lowest BCUT2D eigenvalue weighted by molar-refractivity contribution is -0.157. The first-order valence-electron chi connectivity index (χ1n) is 17.7. The van der Waals surface area contributed by atoms with E-state index in [4.69, 9.17) is 4.74 Å². The molecule has 3 aliphatic carbocycles. The van der Waals surface area contributed by atoms with E-state index in [1.807, 2.05) is 30.8 Å². The number of halogens is 1. The lowest BCUT2D eigenvalue weighted by Gasteiger charge is -2.50. The summed E-state index contributed by atoms with van der Waals surface area (Å²) >= 11 is 1.88. The fourth-order valence-corrected chi connectivity index (χ4v) is 10.3. The number of hydrogen-bond donors (Lipinski definition) is 1. The number of hydrogen-bond acceptors (Lipinski definition) is 6. The summed E-state index contributed by atoms with van der Waals surface area (Å²) in [6.45, 7) is 14.3. The molecule has 1 heterocycles. The van der Waals surface area contributed by atoms with Crippen LogP contribution in [0.15, 0.2) is 76.5 Å². The van der Waals surface area contributed by atoms with Crippen LogP contribution >= 0.6 is 24.2 Å². The molecule has 1 aliphatic heterocycles. The van der Waals surface area contributed by atoms with Crippen LogP contribution in [0.4, 0.5) is 11.4 Å². The molecule has 47 heavy (non-hydrogen) atoms. The van der Waals surface area contributed by atoms with Gasteiger partial charge in [0.15, 0.2) is 0 Å². The minimum Gasteiger partial charge on any atom is -0.508 e. The zero-order chi connectivity index (χ0) is 32.4. The van der Waals surface area contributed by atoms with Gasteiger partial charge in [-0.05, 0) is 124 Å². The number of anilines is 2. The van der Waals surface area contributed by atoms with Crippen molar-refractivity contribution in [1.82, 2.24) is 4.90 Å². The smallest absolute Gasteiger partial charge is 0.305 e. The largest absolute Gasteiger partial charge is 0.508 e. The van der Waals surface area contributed by atoms with Crippen molar-refractivity contribution < 1.29 is 14.6 Å². The number of aryl methyl sites for hydroxylation is 1. The van der Waals surface area contributed by atoms with Gasteiger partial charge in [0.05, 0.1) is 11.4 Å². The Morgan fingerprint density at radius 3 is 2.28 bits per heavy atom. The number of para-hydroxylation sites is 2. The third-order valence-corrected chi connectivity index (χ3v) is 12.7. The lowest BCUT2D eigenvalue weighted by atomic mass is 9.55. The van der Waals surface area contributed by atoms with E-state index in [-0.39, 0.29) is 29.9 Å². The number of fused-ring (bicyclic) bond motifs is 7. The standard InChI is InChI=1S/C21H28O3.C19H24N2S.ClH/c1-3-20(23)24-19-9-8-18-17-6-4-13-12-14(22)5-7-15(13)16(17)10-11-21(18,19)2;1-4-20(5-2)15(3)14-21-16-10-6-8-12-18(16)22-19-13-9-7-11-17(19)21;/h5,7,12,16-19,22H,3-4,6,8-11H2,1-2H3;6-13,15H,4-5,14H2,1-3H3;1H. The lowest BCUT2D eigenvalue weighted by Crippen LogP contribution is -2.45. The second-order valence-electron chi connectivity index (χ2n) is 14.0. The van der Waals surface area contributed by atoms with E-state index in [1.54, 1.807) is 0 Å². The predicted molar refractivity (Wildman–Crippen MR) is 197 cm³/mol. The minimum atomic E-state index is -0.0477. The number of carbonyl (C=O) groups is 1. The molecule has 0 radical (unpaired) electrons. The van der Waals surface area contributed by atoms with E-state index >= 15 is 0 Å². The fraction of sp³-hybridized carbons (Fsp3) is 0.525. The number of likely N-dealkylation sites (N-methyl/N-ethyl adjacent to an activating group) is 1. The van der Waals surface area contributed by atoms with E-state index < -0.39 is 0 Å². The summed E-state index contributed by atoms with van der Waals surface area (Å²) in [4.78, 5) is 19.5. The topological polar surface area (TPSA) is 53.0 Å². The van der Waals surface area contributed by atoms with Crippen LogP contribution in [0.1, 0.15) is 90.2 Å². The molecule has 6 unspecified atom stereocenters. The van der Waals surface area contributed by atoms with E-state index in [1.165, 1.54) is 51.6 Å². The Balaban J connectivity index is 0.000000181. The molecule has 6 atom stereocenters. The molecule has 254 valence electrons. The first kappa shape index (κ1) is 35.6. The number of aromatic hydroxyl groups is 1. The minimum absolute atomic E-state index is 0. The van der Waals surface area contributed by atoms with Crippen LogP contribution < -0.4 is 4.90 Å². The van der Waals surface area contributed by atoms with Crippen molar-refractivity contribution in [3.8, 4) is 5.75 Å². The van der Waals surface area contributed by atoms with Gasteiger partial charge < -0.3 is 14.7 Å². The molecule has 3 aromatic rings. The van der Waals surface area contributed by atoms with Gasteiger partial charge in [0.25, 0.3) is 0 Å². The van der Waals surface area contributed by atoms with Gasteiger partial charge in [-0.15, -0.1) is 12.4 Å². The van der Waals surface area contributed by atoms with Crippen LogP contribution in [0.25, 0.3) is 0 Å². The maximum atomic E-state index is 11.8. The molecule has 7 rings (SSSR count). The average molecular weight is 677 g/mol. The van der Waals surface area contributed by atoms with E-state index in [0.29, 0.717) is 36.0 Å². The molecule has 2 saturated carbocycles. The van der Waals surface area contributed by atoms with Crippen LogP contribution in [0.5, 0.6) is 5.75 Å². The summed E-state index contributed by atoms with van der Waals surface area (Å²) in [6.07, 6.45) is 7.38. The molecule has 1 N–H and O–H groups in total. The number of phenols is 1. The molecule has 0 amide bonds. The van der Waals surface area contributed by atoms with Gasteiger partial charge in [0.2, 0.25) is 0 Å². The third kappa shape index (κ3) is 7.07. The summed E-state index contributed by atoms with van der Waals surface area (Å²) in [7, 11) is 0. The predicted octanol–water partition coefficient (Wildman–Crippen LogP) is 10.0. The number of carbonyl (C=O) groups excluding carboxylic acids is 1. The molecule has 2 fully saturated rings. The molecule has 0 aromatic heterocycles. The zero-order valence-corrected chi connectivity index (χ0v) is 30.4. The maximum absolute atomic E-state index is 11.8. The fourth-order valence-electron chi connectivity index (χ4n) is 9.16. The van der Waals surface area contributed by atoms with Crippen molar-refractivity contribution in [3.05, 3.63) is 77.9 Å². The van der Waals surface area contributed by atoms with Crippen molar-refractivity contribution in [2.24, 2.45) is 17.3 Å². The number of benzene rings is 3. The number of ether oxygens (including phenoxy) is 1. The number of rotatable bonds is 7. The molecule has 7 heteroatoms. The first-order valence-corrected chi connectivity index (χ1v) is 18.5. The second-order valence-corrected chi connectivity index (χ2v) is 15.1. The van der Waals surface area contributed by atoms with E-state index in [0.717, 1.165) is 38.9 Å². The van der Waals surface area contributed by atoms with Crippen LogP contribution in [0, 0.1) is 17.3 Å². The molecule has 3 aromatic carbocycles. The second kappa shape index (κ2) is 15.3. The SMILES string of the molecule is CCC(=O)OC1CCC2C3CCc4cc(O)ccc4C3CCC12C.CCN(CC)C(C)CN1c2ccccc2Sc2ccccc21.Cl. The van der Waals surface area contributed by atoms with Gasteiger partial charge >= 0.3 is 5.97 Å². The molecule has 0 bridgehead atoms. The quantitative estimate of drug-likeness (QED) is 0.251. The highest BCUT2D eigenvalue weighted by Crippen LogP contribution is 2.61. The Hall–Kier alpha value is -2.67. The van der Waals surface area contributed by atoms with Gasteiger partial charge in [-0.3, -0.25) is 9.69 Å². The van der Waals surface area contributed by atoms with E-state index in [2.05, 4.69) is 92.1 Å². The zero-order valence-electron chi connectivity index (χ0n) is 28.8. The Kier molecular flexibility index (Phi) is 11.6. The van der Waals surface area contributed by atoms with Crippen LogP contribution in [0.3, 0.4) is 0 Å². The van der Waals surface area contributed by atoms with Gasteiger partial charge in [-0.1, -0.05) is 69.8 Å². The molecular weight excluding hydrogens is 624 g/mol. The number of esters is 1. The monoisotopic (exact) mass is 676 g/mol. The normalized spacial score (nSPS) is 25.9. The van der Waals surface area contributed by atoms with E-state index in [9.17, 15) is 9.90 Å². The first-order chi connectivity index (χ1) is 22.3. The molecule has 4 aliphatic rings. The molecule has 0 spiro atoms. The Morgan fingerprint density at radius 2 is 1.64 bits per heavy atom. The van der Waals surface area contributed by atoms with Crippen LogP contribution in [-0.4, -0.2) is 47.8 Å². The van der Waals surface area contributed by atoms with Crippen molar-refractivity contribution in [2.45, 2.75) is 107 Å². The Labute approximate surface area is 292 Å². The third-order valence-electron chi connectivity index (χ3n) is 11.6. The molecule has 5 nitrogen and oxygen atoms in total. The van der Waals surface area contributed by atoms with Crippen molar-refractivity contribution >= 4 is 41.5 Å². The highest BCUT2D eigenvalue weighted by Gasteiger charge is 2.56. The summed E-state index contributed by atoms with van der Waals surface area (Å²) in [6, 6.07) is 24.0. The highest BCUT2D eigenvalue weighted by molar-refractivity contribution is 7.99. The van der Waals surface area contributed by atoms with Crippen molar-refractivity contribution in [2.75, 3.05) is 24.5 Å². The Morgan fingerprint density at radius 1 is 0.979 bits per heavy atom. The highest BCUT2D eigenvalue weighted by atomic mass is 35.5. The van der Waals surface area contributed by atoms with Gasteiger partial charge in [-0.2, -0.15) is 0 Å². The molecule has 0 saturated heterocycles. The van der Waals surface area contributed by atoms with Gasteiger partial charge in [0.1, 0.15) is 11.9 Å². The summed E-state index contributed by atoms with van der Waals surface area (Å²) in [5, 5.41) is 9.77. The summed E-state index contributed by atoms with van der Waals surface area (Å²) in [5.41, 5.74) is 5.63. The van der Waals surface area contributed by atoms with Crippen molar-refractivity contribution in [1.29, 1.82) is 0 Å². The number of nitrogens with zero attached hydrogens (tertiary/aromatic N) is 2. The van der Waals surface area contributed by atoms with Gasteiger partial charge in [0, 0.05) is 34.2 Å². The average Bonchev–Trinajstić information content (AvgIpc) is 3.40. The number of phenolic OH excluding ortho intramolecular Hbond substituents is 1. The van der Waals surface area contributed by atoms with Crippen LogP contribution in [0.2, 0.25) is 0 Å².